The number of para-hydroxylation sites is 2. The quantitative estimate of drug-likeness (QED) is 0.469. The Morgan fingerprint density at radius 3 is 2.33 bits per heavy atom. The zero-order valence-electron chi connectivity index (χ0n) is 11.2. The largest absolute Gasteiger partial charge is 0.457 e. The molecular weight excluding hydrogens is 280 g/mol. The van der Waals surface area contributed by atoms with Gasteiger partial charge in [-0.25, -0.2) is 0 Å². The number of hydrogen-bond acceptors (Lipinski definition) is 3. The van der Waals surface area contributed by atoms with Gasteiger partial charge in [0.15, 0.2) is 0 Å². The molecule has 3 aromatic rings. The van der Waals surface area contributed by atoms with E-state index in [0.717, 1.165) is 32.8 Å². The Labute approximate surface area is 127 Å². The summed E-state index contributed by atoms with van der Waals surface area (Å²) in [6.45, 7) is 0. The van der Waals surface area contributed by atoms with Gasteiger partial charge >= 0.3 is 0 Å². The molecule has 1 aliphatic heterocycles. The average Bonchev–Trinajstić information content (AvgIpc) is 2.54. The second-order valence-electron chi connectivity index (χ2n) is 4.67. The maximum atomic E-state index is 5.91. The van der Waals surface area contributed by atoms with Crippen molar-refractivity contribution in [3.05, 3.63) is 72.8 Å². The number of hydrogen-bond donors (Lipinski definition) is 0. The van der Waals surface area contributed by atoms with Gasteiger partial charge in [0.2, 0.25) is 0 Å². The van der Waals surface area contributed by atoms with Crippen molar-refractivity contribution in [3.63, 3.8) is 0 Å². The van der Waals surface area contributed by atoms with Gasteiger partial charge in [-0.05, 0) is 42.5 Å². The molecule has 0 saturated carbocycles. The molecule has 4 rings (SSSR count). The molecule has 2 nitrogen and oxygen atoms in total. The Hall–Kier alpha value is -2.39. The highest BCUT2D eigenvalue weighted by Gasteiger charge is 2.17. The molecule has 0 spiro atoms. The molecule has 0 saturated heterocycles. The summed E-state index contributed by atoms with van der Waals surface area (Å²) in [5.41, 5.74) is 0. The lowest BCUT2D eigenvalue weighted by Gasteiger charge is -2.19. The predicted molar refractivity (Wildman–Crippen MR) is 83.6 cm³/mol. The van der Waals surface area contributed by atoms with Gasteiger partial charge in [-0.3, -0.25) is 0 Å². The topological polar surface area (TPSA) is 18.5 Å². The summed E-state index contributed by atoms with van der Waals surface area (Å²) in [5, 5.41) is 0. The van der Waals surface area contributed by atoms with E-state index in [2.05, 4.69) is 6.07 Å². The average molecular weight is 292 g/mol. The molecule has 1 heterocycles. The fourth-order valence-electron chi connectivity index (χ4n) is 2.20. The van der Waals surface area contributed by atoms with E-state index in [0.29, 0.717) is 0 Å². The third-order valence-electron chi connectivity index (χ3n) is 3.18. The van der Waals surface area contributed by atoms with E-state index in [1.807, 2.05) is 66.7 Å². The summed E-state index contributed by atoms with van der Waals surface area (Å²) < 4.78 is 11.8. The first-order chi connectivity index (χ1) is 10.4. The molecule has 0 radical (unpaired) electrons. The summed E-state index contributed by atoms with van der Waals surface area (Å²) in [4.78, 5) is 2.20. The van der Waals surface area contributed by atoms with Crippen LogP contribution in [0.1, 0.15) is 0 Å². The lowest BCUT2D eigenvalue weighted by Crippen LogP contribution is -1.95. The molecular formula is C18H12O2S. The first kappa shape index (κ1) is 12.4. The van der Waals surface area contributed by atoms with Gasteiger partial charge in [-0.15, -0.1) is 0 Å². The third-order valence-corrected chi connectivity index (χ3v) is 4.28. The van der Waals surface area contributed by atoms with Crippen molar-refractivity contribution in [2.75, 3.05) is 0 Å². The van der Waals surface area contributed by atoms with Crippen LogP contribution in [0.5, 0.6) is 23.0 Å². The molecule has 21 heavy (non-hydrogen) atoms. The Morgan fingerprint density at radius 2 is 1.43 bits per heavy atom. The summed E-state index contributed by atoms with van der Waals surface area (Å²) >= 11 is 1.70. The van der Waals surface area contributed by atoms with Crippen LogP contribution in [-0.4, -0.2) is 0 Å². The molecule has 0 aliphatic carbocycles. The van der Waals surface area contributed by atoms with Crippen LogP contribution in [-0.2, 0) is 0 Å². The second-order valence-corrected chi connectivity index (χ2v) is 5.76. The van der Waals surface area contributed by atoms with Crippen LogP contribution in [0.2, 0.25) is 0 Å². The van der Waals surface area contributed by atoms with E-state index in [4.69, 9.17) is 9.47 Å². The molecule has 3 heteroatoms. The second kappa shape index (κ2) is 5.19. The van der Waals surface area contributed by atoms with Gasteiger partial charge in [-0.2, -0.15) is 0 Å². The van der Waals surface area contributed by atoms with Crippen molar-refractivity contribution in [1.82, 2.24) is 0 Å². The Balaban J connectivity index is 1.64. The van der Waals surface area contributed by atoms with Crippen molar-refractivity contribution < 1.29 is 9.47 Å². The normalized spacial score (nSPS) is 12.0. The smallest absolute Gasteiger partial charge is 0.141 e. The maximum Gasteiger partial charge on any atom is 0.141 e. The highest BCUT2D eigenvalue weighted by Crippen LogP contribution is 2.48. The SMILES string of the molecule is c1ccc(Oc2ccc3c(c2)Sc2ccccc2O3)cc1. The minimum Gasteiger partial charge on any atom is -0.457 e. The van der Waals surface area contributed by atoms with Crippen molar-refractivity contribution in [2.24, 2.45) is 0 Å². The highest BCUT2D eigenvalue weighted by molar-refractivity contribution is 7.99. The molecule has 0 N–H and O–H groups in total. The van der Waals surface area contributed by atoms with Gasteiger partial charge in [0, 0.05) is 0 Å². The molecule has 102 valence electrons. The molecule has 0 aromatic heterocycles. The summed E-state index contributed by atoms with van der Waals surface area (Å²) in [7, 11) is 0. The Bertz CT molecular complexity index is 784. The minimum absolute atomic E-state index is 0.815. The minimum atomic E-state index is 0.815. The van der Waals surface area contributed by atoms with E-state index >= 15 is 0 Å². The Kier molecular flexibility index (Phi) is 3.05. The molecule has 0 bridgehead atoms. The number of rotatable bonds is 2. The molecule has 1 aliphatic rings. The number of fused-ring (bicyclic) bond motifs is 2. The van der Waals surface area contributed by atoms with Crippen LogP contribution in [0, 0.1) is 0 Å². The van der Waals surface area contributed by atoms with Crippen LogP contribution in [0.15, 0.2) is 82.6 Å². The predicted octanol–water partition coefficient (Wildman–Crippen LogP) is 5.74. The van der Waals surface area contributed by atoms with Gasteiger partial charge in [-0.1, -0.05) is 42.1 Å². The summed E-state index contributed by atoms with van der Waals surface area (Å²) in [6.07, 6.45) is 0. The summed E-state index contributed by atoms with van der Waals surface area (Å²) in [5.74, 6) is 3.43. The van der Waals surface area contributed by atoms with Crippen LogP contribution >= 0.6 is 11.8 Å². The first-order valence-corrected chi connectivity index (χ1v) is 7.52. The summed E-state index contributed by atoms with van der Waals surface area (Å²) in [6, 6.07) is 23.7. The Morgan fingerprint density at radius 1 is 0.667 bits per heavy atom. The zero-order chi connectivity index (χ0) is 14.1. The standard InChI is InChI=1S/C18H12O2S/c1-2-6-13(7-3-1)19-14-10-11-16-18(12-14)21-17-9-5-4-8-15(17)20-16/h1-12H. The van der Waals surface area contributed by atoms with E-state index in [-0.39, 0.29) is 0 Å². The van der Waals surface area contributed by atoms with E-state index in [9.17, 15) is 0 Å². The van der Waals surface area contributed by atoms with Gasteiger partial charge < -0.3 is 9.47 Å². The fraction of sp³-hybridized carbons (Fsp3) is 0. The molecule has 0 unspecified atom stereocenters. The highest BCUT2D eigenvalue weighted by atomic mass is 32.2. The van der Waals surface area contributed by atoms with Crippen LogP contribution < -0.4 is 9.47 Å². The number of benzene rings is 3. The first-order valence-electron chi connectivity index (χ1n) is 6.70. The van der Waals surface area contributed by atoms with Crippen molar-refractivity contribution in [1.29, 1.82) is 0 Å². The van der Waals surface area contributed by atoms with Crippen LogP contribution in [0.4, 0.5) is 0 Å². The zero-order valence-corrected chi connectivity index (χ0v) is 12.0. The monoisotopic (exact) mass is 292 g/mol. The van der Waals surface area contributed by atoms with E-state index < -0.39 is 0 Å². The third kappa shape index (κ3) is 2.48. The van der Waals surface area contributed by atoms with E-state index in [1.165, 1.54) is 0 Å². The lowest BCUT2D eigenvalue weighted by molar-refractivity contribution is 0.446. The van der Waals surface area contributed by atoms with Crippen molar-refractivity contribution in [3.8, 4) is 23.0 Å². The maximum absolute atomic E-state index is 5.91. The van der Waals surface area contributed by atoms with Crippen molar-refractivity contribution >= 4 is 11.8 Å². The molecule has 0 amide bonds. The van der Waals surface area contributed by atoms with Gasteiger partial charge in [0.1, 0.15) is 23.0 Å². The fourth-order valence-corrected chi connectivity index (χ4v) is 3.18. The van der Waals surface area contributed by atoms with Crippen molar-refractivity contribution in [2.45, 2.75) is 9.79 Å². The molecule has 0 atom stereocenters. The van der Waals surface area contributed by atoms with E-state index in [1.54, 1.807) is 11.8 Å². The van der Waals surface area contributed by atoms with Crippen LogP contribution in [0.25, 0.3) is 0 Å². The van der Waals surface area contributed by atoms with Crippen LogP contribution in [0.3, 0.4) is 0 Å². The molecule has 3 aromatic carbocycles. The lowest BCUT2D eigenvalue weighted by atomic mass is 10.3. The van der Waals surface area contributed by atoms with Gasteiger partial charge in [0.25, 0.3) is 0 Å². The number of ether oxygens (including phenoxy) is 2. The van der Waals surface area contributed by atoms with Gasteiger partial charge in [0.05, 0.1) is 9.79 Å². The molecule has 0 fully saturated rings.